The van der Waals surface area contributed by atoms with Crippen LogP contribution in [0, 0.1) is 0 Å². The van der Waals surface area contributed by atoms with E-state index >= 15 is 0 Å². The highest BCUT2D eigenvalue weighted by Crippen LogP contribution is 2.27. The highest BCUT2D eigenvalue weighted by Gasteiger charge is 2.20. The number of hydrogen-bond donors (Lipinski definition) is 2. The Labute approximate surface area is 115 Å². The minimum absolute atomic E-state index is 0.216. The van der Waals surface area contributed by atoms with Crippen LogP contribution in [0.2, 0.25) is 0 Å². The van der Waals surface area contributed by atoms with Gasteiger partial charge in [0.15, 0.2) is 5.13 Å². The van der Waals surface area contributed by atoms with Crippen LogP contribution in [0.25, 0.3) is 0 Å². The fourth-order valence-electron chi connectivity index (χ4n) is 1.55. The van der Waals surface area contributed by atoms with Crippen molar-refractivity contribution < 1.29 is 9.21 Å². The molecule has 0 saturated carbocycles. The van der Waals surface area contributed by atoms with E-state index in [-0.39, 0.29) is 17.8 Å². The predicted octanol–water partition coefficient (Wildman–Crippen LogP) is 1.88. The van der Waals surface area contributed by atoms with E-state index in [4.69, 9.17) is 10.2 Å². The Kier molecular flexibility index (Phi) is 3.75. The third kappa shape index (κ3) is 2.87. The van der Waals surface area contributed by atoms with Crippen molar-refractivity contribution in [3.8, 4) is 0 Å². The lowest BCUT2D eigenvalue weighted by Gasteiger charge is -2.10. The molecule has 0 spiro atoms. The van der Waals surface area contributed by atoms with Gasteiger partial charge in [-0.15, -0.1) is 0 Å². The number of nitrogens with zero attached hydrogens (tertiary/aromatic N) is 2. The fraction of sp³-hybridized carbons (Fsp3) is 0.333. The lowest BCUT2D eigenvalue weighted by Crippen LogP contribution is -2.26. The summed E-state index contributed by atoms with van der Waals surface area (Å²) in [5.41, 5.74) is 5.76. The summed E-state index contributed by atoms with van der Waals surface area (Å²) in [5, 5.41) is 3.53. The van der Waals surface area contributed by atoms with Crippen LogP contribution >= 0.6 is 11.3 Å². The van der Waals surface area contributed by atoms with Crippen molar-refractivity contribution in [3.63, 3.8) is 0 Å². The number of nitrogen functional groups attached to an aromatic ring is 1. The first kappa shape index (κ1) is 13.4. The van der Waals surface area contributed by atoms with E-state index in [1.165, 1.54) is 11.3 Å². The summed E-state index contributed by atoms with van der Waals surface area (Å²) in [6.07, 6.45) is 1.57. The number of aromatic nitrogens is 1. The van der Waals surface area contributed by atoms with Gasteiger partial charge in [-0.05, 0) is 19.1 Å². The molecule has 19 heavy (non-hydrogen) atoms. The van der Waals surface area contributed by atoms with Crippen LogP contribution in [0.4, 0.5) is 10.9 Å². The first-order valence-corrected chi connectivity index (χ1v) is 6.58. The molecule has 6 nitrogen and oxygen atoms in total. The second kappa shape index (κ2) is 5.31. The maximum Gasteiger partial charge on any atom is 0.265 e. The Bertz CT molecular complexity index is 562. The van der Waals surface area contributed by atoms with Gasteiger partial charge in [0.1, 0.15) is 16.5 Å². The molecular formula is C12H16N4O2S. The zero-order valence-corrected chi connectivity index (χ0v) is 11.8. The average Bonchev–Trinajstić information content (AvgIpc) is 2.97. The zero-order chi connectivity index (χ0) is 14.0. The lowest BCUT2D eigenvalue weighted by molar-refractivity contribution is 0.0940. The number of anilines is 2. The summed E-state index contributed by atoms with van der Waals surface area (Å²) in [5.74, 6) is 0.703. The van der Waals surface area contributed by atoms with Crippen LogP contribution in [-0.4, -0.2) is 25.0 Å². The van der Waals surface area contributed by atoms with E-state index in [2.05, 4.69) is 10.3 Å². The maximum absolute atomic E-state index is 12.1. The van der Waals surface area contributed by atoms with Crippen LogP contribution in [0.1, 0.15) is 28.4 Å². The summed E-state index contributed by atoms with van der Waals surface area (Å²) in [4.78, 5) is 18.5. The van der Waals surface area contributed by atoms with Gasteiger partial charge >= 0.3 is 0 Å². The Morgan fingerprint density at radius 1 is 1.58 bits per heavy atom. The molecule has 2 aromatic rings. The van der Waals surface area contributed by atoms with Crippen molar-refractivity contribution in [2.45, 2.75) is 13.0 Å². The van der Waals surface area contributed by atoms with Crippen LogP contribution in [-0.2, 0) is 0 Å². The monoisotopic (exact) mass is 280 g/mol. The molecule has 0 bridgehead atoms. The number of nitrogens with two attached hydrogens (primary N) is 1. The minimum atomic E-state index is -0.244. The SMILES string of the molecule is CC(NC(=O)c1sc(N(C)C)nc1N)c1ccco1. The number of nitrogens with one attached hydrogen (secondary N) is 1. The Hall–Kier alpha value is -2.02. The molecule has 1 unspecified atom stereocenters. The summed E-state index contributed by atoms with van der Waals surface area (Å²) in [7, 11) is 3.71. The molecule has 1 amide bonds. The molecular weight excluding hydrogens is 264 g/mol. The van der Waals surface area contributed by atoms with Crippen molar-refractivity contribution >= 4 is 28.2 Å². The average molecular weight is 280 g/mol. The third-order valence-electron chi connectivity index (χ3n) is 2.55. The molecule has 0 radical (unpaired) electrons. The Morgan fingerprint density at radius 3 is 2.84 bits per heavy atom. The smallest absolute Gasteiger partial charge is 0.265 e. The molecule has 2 heterocycles. The molecule has 0 aromatic carbocycles. The van der Waals surface area contributed by atoms with Gasteiger partial charge < -0.3 is 20.4 Å². The minimum Gasteiger partial charge on any atom is -0.467 e. The van der Waals surface area contributed by atoms with Gasteiger partial charge in [0.05, 0.1) is 12.3 Å². The highest BCUT2D eigenvalue weighted by molar-refractivity contribution is 7.18. The van der Waals surface area contributed by atoms with E-state index in [1.807, 2.05) is 32.0 Å². The molecule has 1 atom stereocenters. The summed E-state index contributed by atoms with van der Waals surface area (Å²) >= 11 is 1.26. The number of thiazole rings is 1. The van der Waals surface area contributed by atoms with Crippen molar-refractivity contribution in [3.05, 3.63) is 29.0 Å². The van der Waals surface area contributed by atoms with Gasteiger partial charge in [-0.1, -0.05) is 11.3 Å². The highest BCUT2D eigenvalue weighted by atomic mass is 32.1. The first-order chi connectivity index (χ1) is 8.99. The number of carbonyl (C=O) groups is 1. The lowest BCUT2D eigenvalue weighted by atomic mass is 10.2. The van der Waals surface area contributed by atoms with Crippen molar-refractivity contribution in [1.82, 2.24) is 10.3 Å². The van der Waals surface area contributed by atoms with Gasteiger partial charge in [-0.3, -0.25) is 4.79 Å². The largest absolute Gasteiger partial charge is 0.467 e. The topological polar surface area (TPSA) is 84.4 Å². The van der Waals surface area contributed by atoms with E-state index < -0.39 is 0 Å². The molecule has 0 aliphatic rings. The molecule has 0 aliphatic heterocycles. The number of amides is 1. The van der Waals surface area contributed by atoms with Gasteiger partial charge in [0.2, 0.25) is 0 Å². The van der Waals surface area contributed by atoms with Crippen LogP contribution in [0.3, 0.4) is 0 Å². The molecule has 2 rings (SSSR count). The number of rotatable bonds is 4. The first-order valence-electron chi connectivity index (χ1n) is 5.77. The van der Waals surface area contributed by atoms with E-state index in [0.717, 1.165) is 0 Å². The maximum atomic E-state index is 12.1. The number of hydrogen-bond acceptors (Lipinski definition) is 6. The summed E-state index contributed by atoms with van der Waals surface area (Å²) in [6, 6.07) is 3.38. The summed E-state index contributed by atoms with van der Waals surface area (Å²) in [6.45, 7) is 1.85. The van der Waals surface area contributed by atoms with Gasteiger partial charge in [-0.2, -0.15) is 0 Å². The number of carbonyl (C=O) groups excluding carboxylic acids is 1. The van der Waals surface area contributed by atoms with Crippen LogP contribution < -0.4 is 16.0 Å². The van der Waals surface area contributed by atoms with E-state index in [9.17, 15) is 4.79 Å². The molecule has 102 valence electrons. The fourth-order valence-corrected chi connectivity index (χ4v) is 2.36. The molecule has 0 fully saturated rings. The summed E-state index contributed by atoms with van der Waals surface area (Å²) < 4.78 is 5.24. The standard InChI is InChI=1S/C12H16N4O2S/c1-7(8-5-4-6-18-8)14-11(17)9-10(13)15-12(19-9)16(2)3/h4-7H,13H2,1-3H3,(H,14,17). The Balaban J connectivity index is 2.12. The van der Waals surface area contributed by atoms with Crippen LogP contribution in [0.15, 0.2) is 22.8 Å². The molecule has 2 aromatic heterocycles. The van der Waals surface area contributed by atoms with Gasteiger partial charge in [0, 0.05) is 14.1 Å². The molecule has 0 saturated heterocycles. The van der Waals surface area contributed by atoms with E-state index in [1.54, 1.807) is 12.3 Å². The van der Waals surface area contributed by atoms with Gasteiger partial charge in [0.25, 0.3) is 5.91 Å². The van der Waals surface area contributed by atoms with Crippen molar-refractivity contribution in [2.75, 3.05) is 24.7 Å². The van der Waals surface area contributed by atoms with Crippen molar-refractivity contribution in [1.29, 1.82) is 0 Å². The van der Waals surface area contributed by atoms with Gasteiger partial charge in [-0.25, -0.2) is 4.98 Å². The molecule has 3 N–H and O–H groups in total. The normalized spacial score (nSPS) is 12.2. The molecule has 7 heteroatoms. The van der Waals surface area contributed by atoms with Crippen molar-refractivity contribution in [2.24, 2.45) is 0 Å². The zero-order valence-electron chi connectivity index (χ0n) is 11.0. The second-order valence-electron chi connectivity index (χ2n) is 4.32. The Morgan fingerprint density at radius 2 is 2.32 bits per heavy atom. The number of furan rings is 1. The predicted molar refractivity (Wildman–Crippen MR) is 75.4 cm³/mol. The quantitative estimate of drug-likeness (QED) is 0.893. The van der Waals surface area contributed by atoms with E-state index in [0.29, 0.717) is 15.8 Å². The van der Waals surface area contributed by atoms with Crippen LogP contribution in [0.5, 0.6) is 0 Å². The second-order valence-corrected chi connectivity index (χ2v) is 5.29. The molecule has 0 aliphatic carbocycles. The third-order valence-corrected chi connectivity index (χ3v) is 3.79.